The lowest BCUT2D eigenvalue weighted by atomic mass is 10.6. The Kier molecular flexibility index (Phi) is 4.01. The maximum Gasteiger partial charge on any atom is 0.405 e. The molecule has 0 aliphatic rings. The molecular weight excluding hydrogens is 199 g/mol. The van der Waals surface area contributed by atoms with Crippen LogP contribution in [0.25, 0.3) is 0 Å². The molecule has 0 atom stereocenters. The van der Waals surface area contributed by atoms with Crippen molar-refractivity contribution in [2.45, 2.75) is 6.18 Å². The molecule has 0 rings (SSSR count). The average molecular weight is 205 g/mol. The van der Waals surface area contributed by atoms with E-state index in [-0.39, 0.29) is 0 Å². The lowest BCUT2D eigenvalue weighted by Crippen LogP contribution is -2.35. The van der Waals surface area contributed by atoms with Gasteiger partial charge in [-0.15, -0.1) is 0 Å². The van der Waals surface area contributed by atoms with Gasteiger partial charge < -0.3 is 5.32 Å². The van der Waals surface area contributed by atoms with E-state index >= 15 is 0 Å². The summed E-state index contributed by atoms with van der Waals surface area (Å²) in [5, 5.41) is 1.41. The molecule has 0 saturated carbocycles. The number of halogens is 3. The van der Waals surface area contributed by atoms with Crippen LogP contribution in [0.1, 0.15) is 0 Å². The first-order valence-corrected chi connectivity index (χ1v) is 4.13. The second-order valence-electron chi connectivity index (χ2n) is 1.88. The third-order valence-corrected chi connectivity index (χ3v) is 1.30. The van der Waals surface area contributed by atoms with Crippen LogP contribution in [-0.4, -0.2) is 32.8 Å². The standard InChI is InChI=1S/C4H6F3NO3S/c5-4(6,7)2-8-3(9)1-12(10)11/h12H,1-2H2,(H,8,9). The molecule has 0 spiro atoms. The first-order valence-electron chi connectivity index (χ1n) is 2.76. The van der Waals surface area contributed by atoms with Crippen molar-refractivity contribution in [1.82, 2.24) is 5.32 Å². The zero-order valence-corrected chi connectivity index (χ0v) is 6.61. The Morgan fingerprint density at radius 1 is 1.33 bits per heavy atom. The van der Waals surface area contributed by atoms with E-state index in [4.69, 9.17) is 0 Å². The highest BCUT2D eigenvalue weighted by atomic mass is 32.2. The smallest absolute Gasteiger partial charge is 0.346 e. The summed E-state index contributed by atoms with van der Waals surface area (Å²) in [7, 11) is -2.97. The van der Waals surface area contributed by atoms with Gasteiger partial charge in [0.25, 0.3) is 0 Å². The molecule has 0 radical (unpaired) electrons. The van der Waals surface area contributed by atoms with Gasteiger partial charge >= 0.3 is 6.18 Å². The highest BCUT2D eigenvalue weighted by Gasteiger charge is 2.27. The van der Waals surface area contributed by atoms with Gasteiger partial charge in [-0.3, -0.25) is 4.79 Å². The number of nitrogens with one attached hydrogen (secondary N) is 1. The second kappa shape index (κ2) is 4.29. The predicted molar refractivity (Wildman–Crippen MR) is 34.2 cm³/mol. The van der Waals surface area contributed by atoms with Crippen molar-refractivity contribution in [1.29, 1.82) is 0 Å². The lowest BCUT2D eigenvalue weighted by molar-refractivity contribution is -0.136. The third kappa shape index (κ3) is 7.32. The zero-order chi connectivity index (χ0) is 9.78. The third-order valence-electron chi connectivity index (χ3n) is 0.759. The Labute approximate surface area is 67.7 Å². The summed E-state index contributed by atoms with van der Waals surface area (Å²) in [5.41, 5.74) is 0. The molecule has 0 bridgehead atoms. The second-order valence-corrected chi connectivity index (χ2v) is 2.86. The largest absolute Gasteiger partial charge is 0.405 e. The number of amides is 1. The van der Waals surface area contributed by atoms with Crippen molar-refractivity contribution in [3.8, 4) is 0 Å². The molecular formula is C4H6F3NO3S. The van der Waals surface area contributed by atoms with E-state index in [1.54, 1.807) is 0 Å². The molecule has 8 heteroatoms. The number of rotatable bonds is 3. The number of carbonyl (C=O) groups excluding carboxylic acids is 1. The van der Waals surface area contributed by atoms with E-state index < -0.39 is 35.1 Å². The number of hydrogen-bond donors (Lipinski definition) is 2. The Morgan fingerprint density at radius 3 is 2.17 bits per heavy atom. The molecule has 1 amide bonds. The van der Waals surface area contributed by atoms with Crippen LogP contribution in [0, 0.1) is 0 Å². The molecule has 0 fully saturated rings. The van der Waals surface area contributed by atoms with Crippen LogP contribution >= 0.6 is 0 Å². The minimum Gasteiger partial charge on any atom is -0.346 e. The van der Waals surface area contributed by atoms with Crippen LogP contribution in [0.15, 0.2) is 0 Å². The SMILES string of the molecule is O=C(C[SH](=O)=O)NCC(F)(F)F. The van der Waals surface area contributed by atoms with Gasteiger partial charge in [-0.1, -0.05) is 0 Å². The fourth-order valence-electron chi connectivity index (χ4n) is 0.372. The van der Waals surface area contributed by atoms with Gasteiger partial charge in [-0.25, -0.2) is 8.42 Å². The molecule has 1 N–H and O–H groups in total. The van der Waals surface area contributed by atoms with Crippen LogP contribution in [-0.2, 0) is 15.5 Å². The quantitative estimate of drug-likeness (QED) is 0.597. The van der Waals surface area contributed by atoms with Crippen molar-refractivity contribution in [2.24, 2.45) is 0 Å². The molecule has 0 aromatic carbocycles. The topological polar surface area (TPSA) is 63.2 Å². The number of carbonyl (C=O) groups is 1. The van der Waals surface area contributed by atoms with E-state index in [0.29, 0.717) is 0 Å². The van der Waals surface area contributed by atoms with Crippen molar-refractivity contribution in [3.05, 3.63) is 0 Å². The summed E-state index contributed by atoms with van der Waals surface area (Å²) >= 11 is 0. The zero-order valence-electron chi connectivity index (χ0n) is 5.72. The number of thiol groups is 1. The normalized spacial score (nSPS) is 11.7. The molecule has 0 unspecified atom stereocenters. The van der Waals surface area contributed by atoms with Gasteiger partial charge in [0.15, 0.2) is 0 Å². The number of hydrogen-bond acceptors (Lipinski definition) is 3. The van der Waals surface area contributed by atoms with Gasteiger partial charge in [0.05, 0.1) is 0 Å². The maximum atomic E-state index is 11.4. The van der Waals surface area contributed by atoms with E-state index in [2.05, 4.69) is 0 Å². The van der Waals surface area contributed by atoms with Crippen molar-refractivity contribution < 1.29 is 26.4 Å². The first kappa shape index (κ1) is 11.2. The Hall–Kier alpha value is -0.790. The van der Waals surface area contributed by atoms with E-state index in [1.807, 2.05) is 0 Å². The first-order chi connectivity index (χ1) is 5.31. The van der Waals surface area contributed by atoms with Gasteiger partial charge in [0, 0.05) is 0 Å². The summed E-state index contributed by atoms with van der Waals surface area (Å²) in [6.45, 7) is -1.50. The fourth-order valence-corrected chi connectivity index (χ4v) is 0.718. The molecule has 0 heterocycles. The summed E-state index contributed by atoms with van der Waals surface area (Å²) in [4.78, 5) is 10.3. The molecule has 0 aromatic rings. The molecule has 0 saturated heterocycles. The van der Waals surface area contributed by atoms with Crippen LogP contribution in [0.4, 0.5) is 13.2 Å². The Bertz CT molecular complexity index is 226. The summed E-state index contributed by atoms with van der Waals surface area (Å²) in [6, 6.07) is 0. The average Bonchev–Trinajstić information content (AvgIpc) is 1.80. The fraction of sp³-hybridized carbons (Fsp3) is 0.750. The minimum absolute atomic E-state index is 0.911. The van der Waals surface area contributed by atoms with Crippen LogP contribution < -0.4 is 5.32 Å². The van der Waals surface area contributed by atoms with Gasteiger partial charge in [0.2, 0.25) is 5.91 Å². The molecule has 72 valence electrons. The Balaban J connectivity index is 3.73. The van der Waals surface area contributed by atoms with Crippen molar-refractivity contribution in [3.63, 3.8) is 0 Å². The van der Waals surface area contributed by atoms with Crippen LogP contribution in [0.3, 0.4) is 0 Å². The van der Waals surface area contributed by atoms with Gasteiger partial charge in [-0.05, 0) is 0 Å². The van der Waals surface area contributed by atoms with E-state index in [1.165, 1.54) is 5.32 Å². The van der Waals surface area contributed by atoms with Gasteiger partial charge in [-0.2, -0.15) is 13.2 Å². The van der Waals surface area contributed by atoms with E-state index in [9.17, 15) is 26.4 Å². The highest BCUT2D eigenvalue weighted by Crippen LogP contribution is 2.11. The van der Waals surface area contributed by atoms with Crippen molar-refractivity contribution >= 4 is 16.6 Å². The monoisotopic (exact) mass is 205 g/mol. The maximum absolute atomic E-state index is 11.4. The highest BCUT2D eigenvalue weighted by molar-refractivity contribution is 7.73. The molecule has 4 nitrogen and oxygen atoms in total. The van der Waals surface area contributed by atoms with E-state index in [0.717, 1.165) is 0 Å². The number of alkyl halides is 3. The van der Waals surface area contributed by atoms with Crippen LogP contribution in [0.5, 0.6) is 0 Å². The molecule has 0 aliphatic heterocycles. The predicted octanol–water partition coefficient (Wildman–Crippen LogP) is -0.724. The molecule has 0 aliphatic carbocycles. The lowest BCUT2D eigenvalue weighted by Gasteiger charge is -2.05. The Morgan fingerprint density at radius 2 is 1.83 bits per heavy atom. The van der Waals surface area contributed by atoms with Gasteiger partial charge in [0.1, 0.15) is 23.0 Å². The molecule has 12 heavy (non-hydrogen) atoms. The van der Waals surface area contributed by atoms with Crippen molar-refractivity contribution in [2.75, 3.05) is 12.3 Å². The summed E-state index contributed by atoms with van der Waals surface area (Å²) < 4.78 is 53.8. The summed E-state index contributed by atoms with van der Waals surface area (Å²) in [5.74, 6) is -2.06. The molecule has 0 aromatic heterocycles. The van der Waals surface area contributed by atoms with Crippen LogP contribution in [0.2, 0.25) is 0 Å². The minimum atomic E-state index is -4.51. The summed E-state index contributed by atoms with van der Waals surface area (Å²) in [6.07, 6.45) is -4.51.